The summed E-state index contributed by atoms with van der Waals surface area (Å²) in [4.78, 5) is 0.112. The Morgan fingerprint density at radius 3 is 2.33 bits per heavy atom. The fourth-order valence-corrected chi connectivity index (χ4v) is 4.71. The summed E-state index contributed by atoms with van der Waals surface area (Å²) < 4.78 is 51.2. The summed E-state index contributed by atoms with van der Waals surface area (Å²) in [7, 11) is -6.85. The van der Waals surface area contributed by atoms with Gasteiger partial charge in [-0.1, -0.05) is 17.7 Å². The maximum absolute atomic E-state index is 12.2. The molecule has 1 aromatic rings. The monoisotopic (exact) mass is 352 g/mol. The molecule has 0 atom stereocenters. The standard InChI is InChI=1S/C12H17ClN2O4S2/c1-20(16,17)15-7-5-11(6-8-15)14-21(18,19)12-4-2-3-10(13)9-12/h2-4,9,11,14H,5-8H2,1H3. The lowest BCUT2D eigenvalue weighted by Gasteiger charge is -2.30. The van der Waals surface area contributed by atoms with Crippen molar-refractivity contribution in [3.8, 4) is 0 Å². The highest BCUT2D eigenvalue weighted by atomic mass is 35.5. The molecule has 9 heteroatoms. The quantitative estimate of drug-likeness (QED) is 0.877. The highest BCUT2D eigenvalue weighted by Crippen LogP contribution is 2.18. The van der Waals surface area contributed by atoms with Crippen molar-refractivity contribution >= 4 is 31.6 Å². The maximum Gasteiger partial charge on any atom is 0.240 e. The SMILES string of the molecule is CS(=O)(=O)N1CCC(NS(=O)(=O)c2cccc(Cl)c2)CC1. The van der Waals surface area contributed by atoms with E-state index in [4.69, 9.17) is 11.6 Å². The minimum Gasteiger partial charge on any atom is -0.213 e. The van der Waals surface area contributed by atoms with Gasteiger partial charge >= 0.3 is 0 Å². The second-order valence-electron chi connectivity index (χ2n) is 5.01. The van der Waals surface area contributed by atoms with Crippen molar-refractivity contribution < 1.29 is 16.8 Å². The largest absolute Gasteiger partial charge is 0.240 e. The summed E-state index contributed by atoms with van der Waals surface area (Å²) in [6, 6.07) is 5.76. The highest BCUT2D eigenvalue weighted by molar-refractivity contribution is 7.89. The van der Waals surface area contributed by atoms with E-state index >= 15 is 0 Å². The van der Waals surface area contributed by atoms with Crippen LogP contribution in [0.1, 0.15) is 12.8 Å². The lowest BCUT2D eigenvalue weighted by molar-refractivity contribution is 0.310. The second-order valence-corrected chi connectivity index (χ2v) is 9.15. The molecule has 1 fully saturated rings. The van der Waals surface area contributed by atoms with Crippen LogP contribution in [0.3, 0.4) is 0 Å². The molecule has 1 N–H and O–H groups in total. The van der Waals surface area contributed by atoms with Gasteiger partial charge in [0, 0.05) is 24.2 Å². The maximum atomic E-state index is 12.2. The third-order valence-corrected chi connectivity index (χ3v) is 6.41. The average Bonchev–Trinajstić information content (AvgIpc) is 2.38. The molecule has 0 aromatic heterocycles. The predicted octanol–water partition coefficient (Wildman–Crippen LogP) is 1.04. The summed E-state index contributed by atoms with van der Waals surface area (Å²) in [6.07, 6.45) is 2.06. The lowest BCUT2D eigenvalue weighted by Crippen LogP contribution is -2.46. The number of halogens is 1. The average molecular weight is 353 g/mol. The van der Waals surface area contributed by atoms with Gasteiger partial charge < -0.3 is 0 Å². The molecule has 1 heterocycles. The number of rotatable bonds is 4. The van der Waals surface area contributed by atoms with Gasteiger partial charge in [0.05, 0.1) is 11.2 Å². The van der Waals surface area contributed by atoms with Crippen molar-refractivity contribution in [2.24, 2.45) is 0 Å². The molecule has 0 aliphatic carbocycles. The zero-order valence-electron chi connectivity index (χ0n) is 11.5. The molecule has 118 valence electrons. The molecule has 0 unspecified atom stereocenters. The van der Waals surface area contributed by atoms with Crippen LogP contribution >= 0.6 is 11.6 Å². The van der Waals surface area contributed by atoms with E-state index in [0.29, 0.717) is 31.0 Å². The second kappa shape index (κ2) is 6.21. The number of hydrogen-bond donors (Lipinski definition) is 1. The number of piperidine rings is 1. The van der Waals surface area contributed by atoms with Crippen molar-refractivity contribution in [3.63, 3.8) is 0 Å². The van der Waals surface area contributed by atoms with Crippen molar-refractivity contribution in [1.82, 2.24) is 9.03 Å². The smallest absolute Gasteiger partial charge is 0.213 e. The first-order chi connectivity index (χ1) is 9.68. The van der Waals surface area contributed by atoms with Crippen molar-refractivity contribution in [1.29, 1.82) is 0 Å². The molecule has 0 bridgehead atoms. The minimum absolute atomic E-state index is 0.112. The first-order valence-electron chi connectivity index (χ1n) is 6.41. The van der Waals surface area contributed by atoms with Crippen LogP contribution in [0.4, 0.5) is 0 Å². The van der Waals surface area contributed by atoms with Gasteiger partial charge in [-0.3, -0.25) is 0 Å². The van der Waals surface area contributed by atoms with E-state index in [1.807, 2.05) is 0 Å². The van der Waals surface area contributed by atoms with E-state index in [1.165, 1.54) is 16.4 Å². The van der Waals surface area contributed by atoms with Crippen LogP contribution in [0.2, 0.25) is 5.02 Å². The van der Waals surface area contributed by atoms with Crippen LogP contribution in [0.15, 0.2) is 29.2 Å². The molecule has 2 rings (SSSR count). The molecule has 21 heavy (non-hydrogen) atoms. The Kier molecular flexibility index (Phi) is 4.94. The Morgan fingerprint density at radius 1 is 1.19 bits per heavy atom. The molecule has 0 spiro atoms. The molecule has 1 aromatic carbocycles. The molecule has 0 saturated carbocycles. The molecule has 1 saturated heterocycles. The Balaban J connectivity index is 2.03. The first-order valence-corrected chi connectivity index (χ1v) is 10.1. The molecule has 0 radical (unpaired) electrons. The molecular weight excluding hydrogens is 336 g/mol. The van der Waals surface area contributed by atoms with Gasteiger partial charge in [0.15, 0.2) is 0 Å². The van der Waals surface area contributed by atoms with Crippen LogP contribution in [-0.2, 0) is 20.0 Å². The molecule has 1 aliphatic heterocycles. The van der Waals surface area contributed by atoms with E-state index in [0.717, 1.165) is 6.26 Å². The number of sulfonamides is 2. The first kappa shape index (κ1) is 16.7. The van der Waals surface area contributed by atoms with Crippen molar-refractivity contribution in [3.05, 3.63) is 29.3 Å². The predicted molar refractivity (Wildman–Crippen MR) is 81.2 cm³/mol. The zero-order chi connectivity index (χ0) is 15.7. The normalized spacial score (nSPS) is 18.8. The van der Waals surface area contributed by atoms with E-state index in [1.54, 1.807) is 12.1 Å². The van der Waals surface area contributed by atoms with Crippen LogP contribution in [-0.4, -0.2) is 46.5 Å². The van der Waals surface area contributed by atoms with Gasteiger partial charge in [-0.25, -0.2) is 25.9 Å². The van der Waals surface area contributed by atoms with Crippen LogP contribution in [0.5, 0.6) is 0 Å². The Bertz CT molecular complexity index is 711. The van der Waals surface area contributed by atoms with Gasteiger partial charge in [0.2, 0.25) is 20.0 Å². The number of hydrogen-bond acceptors (Lipinski definition) is 4. The van der Waals surface area contributed by atoms with Gasteiger partial charge in [-0.15, -0.1) is 0 Å². The van der Waals surface area contributed by atoms with Gasteiger partial charge in [-0.2, -0.15) is 0 Å². The van der Waals surface area contributed by atoms with Crippen molar-refractivity contribution in [2.45, 2.75) is 23.8 Å². The van der Waals surface area contributed by atoms with E-state index < -0.39 is 20.0 Å². The molecule has 1 aliphatic rings. The summed E-state index contributed by atoms with van der Waals surface area (Å²) in [5.74, 6) is 0. The highest BCUT2D eigenvalue weighted by Gasteiger charge is 2.28. The van der Waals surface area contributed by atoms with Gasteiger partial charge in [0.25, 0.3) is 0 Å². The number of nitrogens with zero attached hydrogens (tertiary/aromatic N) is 1. The summed E-state index contributed by atoms with van der Waals surface area (Å²) >= 11 is 5.80. The van der Waals surface area contributed by atoms with E-state index in [9.17, 15) is 16.8 Å². The third-order valence-electron chi connectivity index (χ3n) is 3.35. The van der Waals surface area contributed by atoms with Crippen LogP contribution in [0.25, 0.3) is 0 Å². The van der Waals surface area contributed by atoms with E-state index in [2.05, 4.69) is 4.72 Å². The third kappa shape index (κ3) is 4.40. The van der Waals surface area contributed by atoms with Crippen molar-refractivity contribution in [2.75, 3.05) is 19.3 Å². The Morgan fingerprint density at radius 2 is 1.81 bits per heavy atom. The lowest BCUT2D eigenvalue weighted by atomic mass is 10.1. The Hall–Kier alpha value is -0.670. The topological polar surface area (TPSA) is 83.6 Å². The minimum atomic E-state index is -3.64. The fourth-order valence-electron chi connectivity index (χ4n) is 2.23. The van der Waals surface area contributed by atoms with Gasteiger partial charge in [0.1, 0.15) is 0 Å². The van der Waals surface area contributed by atoms with E-state index in [-0.39, 0.29) is 10.9 Å². The molecule has 6 nitrogen and oxygen atoms in total. The number of benzene rings is 1. The zero-order valence-corrected chi connectivity index (χ0v) is 13.9. The summed E-state index contributed by atoms with van der Waals surface area (Å²) in [5.41, 5.74) is 0. The Labute approximate surface area is 130 Å². The summed E-state index contributed by atoms with van der Waals surface area (Å²) in [5, 5.41) is 0.352. The number of nitrogens with one attached hydrogen (secondary N) is 1. The van der Waals surface area contributed by atoms with Crippen LogP contribution in [0, 0.1) is 0 Å². The van der Waals surface area contributed by atoms with Crippen LogP contribution < -0.4 is 4.72 Å². The molecule has 0 amide bonds. The summed E-state index contributed by atoms with van der Waals surface area (Å²) in [6.45, 7) is 0.642. The fraction of sp³-hybridized carbons (Fsp3) is 0.500. The van der Waals surface area contributed by atoms with Gasteiger partial charge in [-0.05, 0) is 31.0 Å². The molecular formula is C12H17ClN2O4S2.